The molecule has 4 heteroatoms. The Bertz CT molecular complexity index is 196. The van der Waals surface area contributed by atoms with Crippen molar-refractivity contribution in [1.29, 1.82) is 0 Å². The van der Waals surface area contributed by atoms with Crippen LogP contribution in [0.1, 0.15) is 26.7 Å². The van der Waals surface area contributed by atoms with E-state index in [0.29, 0.717) is 12.6 Å². The molecule has 4 nitrogen and oxygen atoms in total. The van der Waals surface area contributed by atoms with Crippen LogP contribution < -0.4 is 11.1 Å². The molecule has 0 saturated carbocycles. The number of nitrogens with zero attached hydrogens (tertiary/aromatic N) is 1. The van der Waals surface area contributed by atoms with Crippen LogP contribution in [0.3, 0.4) is 0 Å². The van der Waals surface area contributed by atoms with Crippen LogP contribution in [0, 0.1) is 0 Å². The molecule has 1 rings (SSSR count). The molecule has 0 aromatic rings. The average Bonchev–Trinajstić information content (AvgIpc) is 2.38. The Hall–Kier alpha value is -0.610. The van der Waals surface area contributed by atoms with E-state index in [2.05, 4.69) is 24.1 Å². The van der Waals surface area contributed by atoms with Gasteiger partial charge in [0, 0.05) is 25.7 Å². The molecule has 0 aliphatic carbocycles. The van der Waals surface area contributed by atoms with Crippen LogP contribution in [0.2, 0.25) is 0 Å². The summed E-state index contributed by atoms with van der Waals surface area (Å²) in [4.78, 5) is 13.9. The van der Waals surface area contributed by atoms with E-state index in [1.807, 2.05) is 0 Å². The fourth-order valence-electron chi connectivity index (χ4n) is 1.90. The topological polar surface area (TPSA) is 58.4 Å². The number of nitrogens with one attached hydrogen (secondary N) is 1. The van der Waals surface area contributed by atoms with Crippen LogP contribution in [0.5, 0.6) is 0 Å². The van der Waals surface area contributed by atoms with Gasteiger partial charge < -0.3 is 11.1 Å². The zero-order valence-corrected chi connectivity index (χ0v) is 9.12. The summed E-state index contributed by atoms with van der Waals surface area (Å²) < 4.78 is 0. The van der Waals surface area contributed by atoms with Crippen LogP contribution >= 0.6 is 0 Å². The van der Waals surface area contributed by atoms with Crippen LogP contribution in [0.15, 0.2) is 0 Å². The number of carbonyl (C=O) groups excluding carboxylic acids is 1. The molecule has 2 atom stereocenters. The first-order valence-corrected chi connectivity index (χ1v) is 5.44. The maximum atomic E-state index is 11.6. The Balaban J connectivity index is 2.71. The van der Waals surface area contributed by atoms with Gasteiger partial charge in [0.15, 0.2) is 0 Å². The largest absolute Gasteiger partial charge is 0.355 e. The molecule has 82 valence electrons. The molecular weight excluding hydrogens is 178 g/mol. The molecule has 2 unspecified atom stereocenters. The van der Waals surface area contributed by atoms with Crippen LogP contribution in [0.25, 0.3) is 0 Å². The summed E-state index contributed by atoms with van der Waals surface area (Å²) in [5.41, 5.74) is 5.64. The van der Waals surface area contributed by atoms with Crippen molar-refractivity contribution in [2.75, 3.05) is 19.6 Å². The van der Waals surface area contributed by atoms with E-state index in [1.54, 1.807) is 0 Å². The quantitative estimate of drug-likeness (QED) is 0.669. The molecule has 1 saturated heterocycles. The molecule has 0 bridgehead atoms. The number of hydrogen-bond acceptors (Lipinski definition) is 3. The predicted molar refractivity (Wildman–Crippen MR) is 56.9 cm³/mol. The normalized spacial score (nSPS) is 26.8. The van der Waals surface area contributed by atoms with Crippen molar-refractivity contribution in [2.24, 2.45) is 5.73 Å². The van der Waals surface area contributed by atoms with Gasteiger partial charge in [0.1, 0.15) is 6.04 Å². The first-order chi connectivity index (χ1) is 6.70. The van der Waals surface area contributed by atoms with Crippen molar-refractivity contribution in [1.82, 2.24) is 10.2 Å². The first kappa shape index (κ1) is 11.5. The first-order valence-electron chi connectivity index (χ1n) is 5.44. The number of carbonyl (C=O) groups is 1. The Morgan fingerprint density at radius 1 is 1.71 bits per heavy atom. The summed E-state index contributed by atoms with van der Waals surface area (Å²) in [6.45, 7) is 6.45. The van der Waals surface area contributed by atoms with Crippen molar-refractivity contribution >= 4 is 5.91 Å². The Morgan fingerprint density at radius 3 is 3.00 bits per heavy atom. The van der Waals surface area contributed by atoms with Crippen LogP contribution in [-0.4, -0.2) is 42.5 Å². The van der Waals surface area contributed by atoms with Gasteiger partial charge in [-0.2, -0.15) is 0 Å². The second-order valence-corrected chi connectivity index (χ2v) is 3.89. The lowest BCUT2D eigenvalue weighted by atomic mass is 10.1. The fourth-order valence-corrected chi connectivity index (χ4v) is 1.90. The fraction of sp³-hybridized carbons (Fsp3) is 0.900. The van der Waals surface area contributed by atoms with Gasteiger partial charge in [-0.15, -0.1) is 0 Å². The average molecular weight is 199 g/mol. The summed E-state index contributed by atoms with van der Waals surface area (Å²) >= 11 is 0. The van der Waals surface area contributed by atoms with Gasteiger partial charge in [-0.1, -0.05) is 6.92 Å². The molecule has 0 aromatic carbocycles. The van der Waals surface area contributed by atoms with Gasteiger partial charge in [-0.3, -0.25) is 9.69 Å². The molecular formula is C10H21N3O. The highest BCUT2D eigenvalue weighted by atomic mass is 16.2. The smallest absolute Gasteiger partial charge is 0.238 e. The molecule has 1 aliphatic heterocycles. The van der Waals surface area contributed by atoms with Gasteiger partial charge in [-0.05, 0) is 19.8 Å². The molecule has 1 fully saturated rings. The van der Waals surface area contributed by atoms with E-state index in [-0.39, 0.29) is 11.9 Å². The zero-order chi connectivity index (χ0) is 10.6. The van der Waals surface area contributed by atoms with Gasteiger partial charge >= 0.3 is 0 Å². The summed E-state index contributed by atoms with van der Waals surface area (Å²) in [6.07, 6.45) is 2.08. The van der Waals surface area contributed by atoms with Crippen molar-refractivity contribution in [3.8, 4) is 0 Å². The Morgan fingerprint density at radius 2 is 2.43 bits per heavy atom. The second kappa shape index (κ2) is 5.32. The Kier molecular flexibility index (Phi) is 4.35. The van der Waals surface area contributed by atoms with Gasteiger partial charge in [0.05, 0.1) is 0 Å². The van der Waals surface area contributed by atoms with Gasteiger partial charge in [-0.25, -0.2) is 0 Å². The van der Waals surface area contributed by atoms with Crippen LogP contribution in [-0.2, 0) is 4.79 Å². The maximum absolute atomic E-state index is 11.6. The summed E-state index contributed by atoms with van der Waals surface area (Å²) in [5.74, 6) is 0.0882. The number of nitrogens with two attached hydrogens (primary N) is 1. The van der Waals surface area contributed by atoms with Crippen molar-refractivity contribution < 1.29 is 4.79 Å². The standard InChI is InChI=1S/C10H21N3O/c1-3-8(2)13-6-4-5-12-10(14)9(13)7-11/h8-9H,3-7,11H2,1-2H3,(H,12,14). The molecule has 3 N–H and O–H groups in total. The number of rotatable bonds is 3. The summed E-state index contributed by atoms with van der Waals surface area (Å²) in [6, 6.07) is 0.305. The Labute approximate surface area is 85.8 Å². The molecule has 1 aliphatic rings. The highest BCUT2D eigenvalue weighted by molar-refractivity contribution is 5.82. The van der Waals surface area contributed by atoms with Gasteiger partial charge in [0.25, 0.3) is 0 Å². The summed E-state index contributed by atoms with van der Waals surface area (Å²) in [5, 5.41) is 2.89. The van der Waals surface area contributed by atoms with Gasteiger partial charge in [0.2, 0.25) is 5.91 Å². The van der Waals surface area contributed by atoms with E-state index in [1.165, 1.54) is 0 Å². The van der Waals surface area contributed by atoms with E-state index in [4.69, 9.17) is 5.73 Å². The molecule has 0 radical (unpaired) electrons. The predicted octanol–water partition coefficient (Wildman–Crippen LogP) is -0.0659. The lowest BCUT2D eigenvalue weighted by Gasteiger charge is -2.32. The number of hydrogen-bond donors (Lipinski definition) is 2. The van der Waals surface area contributed by atoms with Crippen molar-refractivity contribution in [3.05, 3.63) is 0 Å². The lowest BCUT2D eigenvalue weighted by molar-refractivity contribution is -0.125. The highest BCUT2D eigenvalue weighted by Gasteiger charge is 2.29. The lowest BCUT2D eigenvalue weighted by Crippen LogP contribution is -2.51. The summed E-state index contributed by atoms with van der Waals surface area (Å²) in [7, 11) is 0. The molecule has 14 heavy (non-hydrogen) atoms. The van der Waals surface area contributed by atoms with Crippen molar-refractivity contribution in [3.63, 3.8) is 0 Å². The molecule has 0 aromatic heterocycles. The van der Waals surface area contributed by atoms with Crippen molar-refractivity contribution in [2.45, 2.75) is 38.8 Å². The monoisotopic (exact) mass is 199 g/mol. The minimum Gasteiger partial charge on any atom is -0.355 e. The maximum Gasteiger partial charge on any atom is 0.238 e. The third-order valence-corrected chi connectivity index (χ3v) is 2.98. The van der Waals surface area contributed by atoms with E-state index < -0.39 is 0 Å². The third kappa shape index (κ3) is 2.45. The van der Waals surface area contributed by atoms with Crippen LogP contribution in [0.4, 0.5) is 0 Å². The third-order valence-electron chi connectivity index (χ3n) is 2.98. The second-order valence-electron chi connectivity index (χ2n) is 3.89. The molecule has 1 heterocycles. The highest BCUT2D eigenvalue weighted by Crippen LogP contribution is 2.11. The minimum absolute atomic E-state index is 0.0882. The zero-order valence-electron chi connectivity index (χ0n) is 9.12. The van der Waals surface area contributed by atoms with E-state index in [9.17, 15) is 4.79 Å². The van der Waals surface area contributed by atoms with E-state index >= 15 is 0 Å². The number of amides is 1. The molecule has 0 spiro atoms. The van der Waals surface area contributed by atoms with E-state index in [0.717, 1.165) is 25.9 Å². The minimum atomic E-state index is -0.132. The SMILES string of the molecule is CCC(C)N1CCCNC(=O)C1CN. The molecule has 1 amide bonds.